The van der Waals surface area contributed by atoms with Crippen LogP contribution in [0.3, 0.4) is 0 Å². The van der Waals surface area contributed by atoms with E-state index in [4.69, 9.17) is 0 Å². The third kappa shape index (κ3) is 2.75. The highest BCUT2D eigenvalue weighted by Crippen LogP contribution is 2.37. The highest BCUT2D eigenvalue weighted by molar-refractivity contribution is 5.95. The maximum Gasteiger partial charge on any atom is 0.293 e. The Kier molecular flexibility index (Phi) is 3.30. The van der Waals surface area contributed by atoms with Crippen LogP contribution in [-0.2, 0) is 0 Å². The van der Waals surface area contributed by atoms with Crippen molar-refractivity contribution in [3.63, 3.8) is 0 Å². The van der Waals surface area contributed by atoms with Crippen LogP contribution in [0.5, 0.6) is 0 Å². The van der Waals surface area contributed by atoms with Crippen LogP contribution in [0.2, 0.25) is 0 Å². The van der Waals surface area contributed by atoms with Crippen molar-refractivity contribution in [2.45, 2.75) is 27.2 Å². The average Bonchev–Trinajstić information content (AvgIpc) is 2.68. The molecule has 1 heterocycles. The van der Waals surface area contributed by atoms with E-state index < -0.39 is 4.92 Å². The minimum atomic E-state index is -0.410. The molecule has 0 saturated carbocycles. The molecule has 1 aliphatic rings. The van der Waals surface area contributed by atoms with Crippen LogP contribution in [-0.4, -0.2) is 23.8 Å². The van der Waals surface area contributed by atoms with Crippen molar-refractivity contribution in [1.82, 2.24) is 0 Å². The summed E-state index contributed by atoms with van der Waals surface area (Å²) in [4.78, 5) is 24.1. The molecule has 0 bridgehead atoms. The maximum atomic E-state index is 11.3. The molecule has 0 atom stereocenters. The van der Waals surface area contributed by atoms with E-state index in [-0.39, 0.29) is 16.9 Å². The Hall–Kier alpha value is -1.91. The minimum absolute atomic E-state index is 0.0189. The van der Waals surface area contributed by atoms with Gasteiger partial charge in [0.1, 0.15) is 5.69 Å². The smallest absolute Gasteiger partial charge is 0.293 e. The van der Waals surface area contributed by atoms with Crippen molar-refractivity contribution >= 4 is 17.2 Å². The number of Topliss-reactive ketones (excluding diaryl/α,β-unsaturated/α-hetero) is 1. The first kappa shape index (κ1) is 13.5. The lowest BCUT2D eigenvalue weighted by molar-refractivity contribution is -0.384. The monoisotopic (exact) mass is 262 g/mol. The van der Waals surface area contributed by atoms with Crippen molar-refractivity contribution in [3.05, 3.63) is 33.9 Å². The Morgan fingerprint density at radius 1 is 1.42 bits per heavy atom. The molecule has 1 aromatic carbocycles. The van der Waals surface area contributed by atoms with E-state index in [1.807, 2.05) is 4.90 Å². The minimum Gasteiger partial charge on any atom is -0.365 e. The van der Waals surface area contributed by atoms with E-state index in [0.717, 1.165) is 19.5 Å². The Bertz CT molecular complexity index is 537. The molecule has 102 valence electrons. The molecule has 0 unspecified atom stereocenters. The van der Waals surface area contributed by atoms with Crippen LogP contribution >= 0.6 is 0 Å². The molecular weight excluding hydrogens is 244 g/mol. The summed E-state index contributed by atoms with van der Waals surface area (Å²) in [5.41, 5.74) is 1.19. The Balaban J connectivity index is 2.41. The molecule has 1 aromatic rings. The second-order valence-electron chi connectivity index (χ2n) is 5.85. The molecule has 0 spiro atoms. The first-order chi connectivity index (χ1) is 8.80. The summed E-state index contributed by atoms with van der Waals surface area (Å²) < 4.78 is 0. The zero-order chi connectivity index (χ0) is 14.2. The van der Waals surface area contributed by atoms with Gasteiger partial charge in [0.25, 0.3) is 5.69 Å². The molecule has 2 rings (SSSR count). The van der Waals surface area contributed by atoms with Crippen LogP contribution < -0.4 is 4.90 Å². The molecule has 1 fully saturated rings. The summed E-state index contributed by atoms with van der Waals surface area (Å²) in [6, 6.07) is 4.73. The first-order valence-corrected chi connectivity index (χ1v) is 6.34. The molecular formula is C14H18N2O3. The number of nitro benzene ring substituents is 1. The van der Waals surface area contributed by atoms with Gasteiger partial charge < -0.3 is 4.90 Å². The Morgan fingerprint density at radius 3 is 2.58 bits per heavy atom. The number of rotatable bonds is 3. The van der Waals surface area contributed by atoms with Gasteiger partial charge in [-0.05, 0) is 30.9 Å². The number of hydrogen-bond donors (Lipinski definition) is 0. The Labute approximate surface area is 112 Å². The SMILES string of the molecule is CC(=O)c1ccc(N2CCC(C)(C)C2)c([N+](=O)[O-])c1. The van der Waals surface area contributed by atoms with Gasteiger partial charge in [-0.25, -0.2) is 0 Å². The van der Waals surface area contributed by atoms with Crippen molar-refractivity contribution in [2.75, 3.05) is 18.0 Å². The van der Waals surface area contributed by atoms with Gasteiger partial charge in [0.05, 0.1) is 4.92 Å². The number of anilines is 1. The normalized spacial score (nSPS) is 17.5. The number of nitrogens with zero attached hydrogens (tertiary/aromatic N) is 2. The summed E-state index contributed by atoms with van der Waals surface area (Å²) in [7, 11) is 0. The van der Waals surface area contributed by atoms with Gasteiger partial charge in [-0.15, -0.1) is 0 Å². The zero-order valence-electron chi connectivity index (χ0n) is 11.5. The van der Waals surface area contributed by atoms with E-state index in [0.29, 0.717) is 11.3 Å². The number of nitro groups is 1. The number of carbonyl (C=O) groups excluding carboxylic acids is 1. The molecule has 1 saturated heterocycles. The number of ketones is 1. The van der Waals surface area contributed by atoms with Crippen molar-refractivity contribution in [2.24, 2.45) is 5.41 Å². The summed E-state index contributed by atoms with van der Waals surface area (Å²) in [5.74, 6) is -0.156. The van der Waals surface area contributed by atoms with Crippen LogP contribution in [0, 0.1) is 15.5 Å². The fraction of sp³-hybridized carbons (Fsp3) is 0.500. The van der Waals surface area contributed by atoms with Crippen LogP contribution in [0.1, 0.15) is 37.6 Å². The van der Waals surface area contributed by atoms with E-state index >= 15 is 0 Å². The van der Waals surface area contributed by atoms with Crippen molar-refractivity contribution < 1.29 is 9.72 Å². The van der Waals surface area contributed by atoms with E-state index in [1.165, 1.54) is 13.0 Å². The molecule has 0 amide bonds. The van der Waals surface area contributed by atoms with Gasteiger partial charge in [-0.1, -0.05) is 13.8 Å². The fourth-order valence-electron chi connectivity index (χ4n) is 2.47. The van der Waals surface area contributed by atoms with Gasteiger partial charge in [0, 0.05) is 24.7 Å². The van der Waals surface area contributed by atoms with Crippen molar-refractivity contribution in [3.8, 4) is 0 Å². The largest absolute Gasteiger partial charge is 0.365 e. The second-order valence-corrected chi connectivity index (χ2v) is 5.85. The van der Waals surface area contributed by atoms with Gasteiger partial charge >= 0.3 is 0 Å². The average molecular weight is 262 g/mol. The predicted molar refractivity (Wildman–Crippen MR) is 73.7 cm³/mol. The first-order valence-electron chi connectivity index (χ1n) is 6.34. The van der Waals surface area contributed by atoms with E-state index in [9.17, 15) is 14.9 Å². The Morgan fingerprint density at radius 2 is 2.11 bits per heavy atom. The van der Waals surface area contributed by atoms with Crippen molar-refractivity contribution in [1.29, 1.82) is 0 Å². The lowest BCUT2D eigenvalue weighted by Crippen LogP contribution is -2.23. The topological polar surface area (TPSA) is 63.5 Å². The van der Waals surface area contributed by atoms with Gasteiger partial charge in [0.2, 0.25) is 0 Å². The van der Waals surface area contributed by atoms with E-state index in [1.54, 1.807) is 12.1 Å². The van der Waals surface area contributed by atoms with Gasteiger partial charge in [-0.3, -0.25) is 14.9 Å². The zero-order valence-corrected chi connectivity index (χ0v) is 11.5. The van der Waals surface area contributed by atoms with Crippen LogP contribution in [0.25, 0.3) is 0 Å². The maximum absolute atomic E-state index is 11.3. The fourth-order valence-corrected chi connectivity index (χ4v) is 2.47. The number of benzene rings is 1. The molecule has 1 aliphatic heterocycles. The summed E-state index contributed by atoms with van der Waals surface area (Å²) in [6.45, 7) is 7.34. The van der Waals surface area contributed by atoms with Crippen LogP contribution in [0.4, 0.5) is 11.4 Å². The van der Waals surface area contributed by atoms with Gasteiger partial charge in [-0.2, -0.15) is 0 Å². The molecule has 19 heavy (non-hydrogen) atoms. The molecule has 5 nitrogen and oxygen atoms in total. The number of carbonyl (C=O) groups is 1. The third-order valence-corrected chi connectivity index (χ3v) is 3.60. The molecule has 0 aliphatic carbocycles. The molecule has 0 radical (unpaired) electrons. The second kappa shape index (κ2) is 4.64. The highest BCUT2D eigenvalue weighted by atomic mass is 16.6. The third-order valence-electron chi connectivity index (χ3n) is 3.60. The summed E-state index contributed by atoms with van der Waals surface area (Å²) >= 11 is 0. The highest BCUT2D eigenvalue weighted by Gasteiger charge is 2.32. The lowest BCUT2D eigenvalue weighted by atomic mass is 9.93. The van der Waals surface area contributed by atoms with Gasteiger partial charge in [0.15, 0.2) is 5.78 Å². The predicted octanol–water partition coefficient (Wildman–Crippen LogP) is 3.03. The molecule has 5 heteroatoms. The summed E-state index contributed by atoms with van der Waals surface area (Å²) in [5, 5.41) is 11.2. The molecule has 0 aromatic heterocycles. The summed E-state index contributed by atoms with van der Waals surface area (Å²) in [6.07, 6.45) is 1.01. The lowest BCUT2D eigenvalue weighted by Gasteiger charge is -2.21. The van der Waals surface area contributed by atoms with E-state index in [2.05, 4.69) is 13.8 Å². The standard InChI is InChI=1S/C14H18N2O3/c1-10(17)11-4-5-12(13(8-11)16(18)19)15-7-6-14(2,3)9-15/h4-5,8H,6-7,9H2,1-3H3. The van der Waals surface area contributed by atoms with Crippen LogP contribution in [0.15, 0.2) is 18.2 Å². The quantitative estimate of drug-likeness (QED) is 0.477. The molecule has 0 N–H and O–H groups in total. The number of hydrogen-bond acceptors (Lipinski definition) is 4.